The Bertz CT molecular complexity index is 372. The number of nitrogens with two attached hydrogens (primary N) is 1. The topological polar surface area (TPSA) is 26.0 Å². The largest absolute Gasteiger partial charge is 0.330 e. The highest BCUT2D eigenvalue weighted by Crippen LogP contribution is 2.51. The van der Waals surface area contributed by atoms with Crippen molar-refractivity contribution in [1.82, 2.24) is 0 Å². The van der Waals surface area contributed by atoms with Gasteiger partial charge in [-0.05, 0) is 31.4 Å². The average molecular weight is 258 g/mol. The standard InChI is InChI=1S/C11H13BrFN/c1-7-2-3-8(13)9(10(7)12)11(6-14)4-5-11/h2-3H,4-6,14H2,1H3. The molecule has 2 N–H and O–H groups in total. The minimum absolute atomic E-state index is 0.0884. The molecule has 0 unspecified atom stereocenters. The molecule has 1 aromatic rings. The van der Waals surface area contributed by atoms with Gasteiger partial charge in [-0.3, -0.25) is 0 Å². The van der Waals surface area contributed by atoms with Crippen molar-refractivity contribution in [2.75, 3.05) is 6.54 Å². The van der Waals surface area contributed by atoms with E-state index >= 15 is 0 Å². The quantitative estimate of drug-likeness (QED) is 0.867. The van der Waals surface area contributed by atoms with E-state index in [1.54, 1.807) is 6.07 Å². The van der Waals surface area contributed by atoms with Crippen LogP contribution in [0.4, 0.5) is 4.39 Å². The van der Waals surface area contributed by atoms with E-state index in [0.717, 1.165) is 28.4 Å². The van der Waals surface area contributed by atoms with Crippen LogP contribution in [0.5, 0.6) is 0 Å². The molecular weight excluding hydrogens is 245 g/mol. The van der Waals surface area contributed by atoms with E-state index in [0.29, 0.717) is 6.54 Å². The zero-order chi connectivity index (χ0) is 10.3. The molecule has 1 fully saturated rings. The molecule has 0 aliphatic heterocycles. The lowest BCUT2D eigenvalue weighted by molar-refractivity contribution is 0.569. The summed E-state index contributed by atoms with van der Waals surface area (Å²) in [5.74, 6) is -0.134. The normalized spacial score (nSPS) is 18.3. The van der Waals surface area contributed by atoms with Crippen LogP contribution in [-0.2, 0) is 5.41 Å². The fraction of sp³-hybridized carbons (Fsp3) is 0.455. The number of benzene rings is 1. The molecular formula is C11H13BrFN. The second-order valence-electron chi connectivity index (χ2n) is 4.04. The molecule has 0 atom stereocenters. The smallest absolute Gasteiger partial charge is 0.128 e. The lowest BCUT2D eigenvalue weighted by Crippen LogP contribution is -2.22. The molecule has 1 aliphatic carbocycles. The Hall–Kier alpha value is -0.410. The van der Waals surface area contributed by atoms with E-state index in [1.165, 1.54) is 6.07 Å². The Morgan fingerprint density at radius 3 is 2.64 bits per heavy atom. The molecule has 0 spiro atoms. The maximum absolute atomic E-state index is 13.7. The first-order chi connectivity index (χ1) is 6.60. The van der Waals surface area contributed by atoms with E-state index in [-0.39, 0.29) is 11.2 Å². The van der Waals surface area contributed by atoms with Crippen molar-refractivity contribution in [2.45, 2.75) is 25.2 Å². The molecule has 1 aliphatic rings. The lowest BCUT2D eigenvalue weighted by atomic mass is 9.94. The molecule has 0 radical (unpaired) electrons. The summed E-state index contributed by atoms with van der Waals surface area (Å²) in [5.41, 5.74) is 7.46. The molecule has 0 heterocycles. The third-order valence-corrected chi connectivity index (χ3v) is 4.08. The van der Waals surface area contributed by atoms with Gasteiger partial charge in [-0.25, -0.2) is 4.39 Å². The Balaban J connectivity index is 2.57. The highest BCUT2D eigenvalue weighted by molar-refractivity contribution is 9.10. The van der Waals surface area contributed by atoms with Crippen molar-refractivity contribution in [2.24, 2.45) is 5.73 Å². The van der Waals surface area contributed by atoms with E-state index < -0.39 is 0 Å². The van der Waals surface area contributed by atoms with Crippen molar-refractivity contribution in [3.63, 3.8) is 0 Å². The SMILES string of the molecule is Cc1ccc(F)c(C2(CN)CC2)c1Br. The first kappa shape index (κ1) is 10.1. The zero-order valence-electron chi connectivity index (χ0n) is 8.11. The van der Waals surface area contributed by atoms with Gasteiger partial charge in [-0.2, -0.15) is 0 Å². The lowest BCUT2D eigenvalue weighted by Gasteiger charge is -2.17. The number of hydrogen-bond donors (Lipinski definition) is 1. The first-order valence-electron chi connectivity index (χ1n) is 4.76. The van der Waals surface area contributed by atoms with E-state index in [4.69, 9.17) is 5.73 Å². The molecule has 3 heteroatoms. The van der Waals surface area contributed by atoms with Crippen molar-refractivity contribution >= 4 is 15.9 Å². The molecule has 0 amide bonds. The van der Waals surface area contributed by atoms with Crippen LogP contribution >= 0.6 is 15.9 Å². The first-order valence-corrected chi connectivity index (χ1v) is 5.55. The number of halogens is 2. The fourth-order valence-corrected chi connectivity index (χ4v) is 2.59. The predicted molar refractivity (Wildman–Crippen MR) is 58.8 cm³/mol. The summed E-state index contributed by atoms with van der Waals surface area (Å²) in [6.07, 6.45) is 2.00. The van der Waals surface area contributed by atoms with Crippen LogP contribution in [0.3, 0.4) is 0 Å². The van der Waals surface area contributed by atoms with Crippen molar-refractivity contribution in [1.29, 1.82) is 0 Å². The summed E-state index contributed by atoms with van der Waals surface area (Å²) in [5, 5.41) is 0. The fourth-order valence-electron chi connectivity index (χ4n) is 1.85. The van der Waals surface area contributed by atoms with Crippen molar-refractivity contribution in [3.8, 4) is 0 Å². The van der Waals surface area contributed by atoms with Gasteiger partial charge >= 0.3 is 0 Å². The van der Waals surface area contributed by atoms with Gasteiger partial charge < -0.3 is 5.73 Å². The summed E-state index contributed by atoms with van der Waals surface area (Å²) in [6, 6.07) is 3.32. The van der Waals surface area contributed by atoms with Crippen molar-refractivity contribution in [3.05, 3.63) is 33.5 Å². The molecule has 0 saturated heterocycles. The van der Waals surface area contributed by atoms with Crippen LogP contribution in [0.2, 0.25) is 0 Å². The monoisotopic (exact) mass is 257 g/mol. The molecule has 0 aromatic heterocycles. The molecule has 1 saturated carbocycles. The molecule has 2 rings (SSSR count). The maximum atomic E-state index is 13.7. The summed E-state index contributed by atoms with van der Waals surface area (Å²) in [7, 11) is 0. The second kappa shape index (κ2) is 3.31. The Labute approximate surface area is 91.6 Å². The Morgan fingerprint density at radius 1 is 1.50 bits per heavy atom. The van der Waals surface area contributed by atoms with Crippen LogP contribution in [-0.4, -0.2) is 6.54 Å². The van der Waals surface area contributed by atoms with Gasteiger partial charge in [0.1, 0.15) is 5.82 Å². The molecule has 0 bridgehead atoms. The Kier molecular flexibility index (Phi) is 2.40. The number of aryl methyl sites for hydroxylation is 1. The highest BCUT2D eigenvalue weighted by Gasteiger charge is 2.46. The maximum Gasteiger partial charge on any atom is 0.128 e. The Morgan fingerprint density at radius 2 is 2.14 bits per heavy atom. The summed E-state index contributed by atoms with van der Waals surface area (Å²) in [6.45, 7) is 2.51. The minimum Gasteiger partial charge on any atom is -0.330 e. The van der Waals surface area contributed by atoms with E-state index in [2.05, 4.69) is 15.9 Å². The van der Waals surface area contributed by atoms with Crippen LogP contribution in [0.1, 0.15) is 24.0 Å². The van der Waals surface area contributed by atoms with Gasteiger partial charge in [0.15, 0.2) is 0 Å². The number of hydrogen-bond acceptors (Lipinski definition) is 1. The molecule has 1 nitrogen and oxygen atoms in total. The third-order valence-electron chi connectivity index (χ3n) is 3.06. The molecule has 76 valence electrons. The second-order valence-corrected chi connectivity index (χ2v) is 4.83. The predicted octanol–water partition coefficient (Wildman–Crippen LogP) is 2.89. The molecule has 1 aromatic carbocycles. The van der Waals surface area contributed by atoms with E-state index in [1.807, 2.05) is 6.92 Å². The van der Waals surface area contributed by atoms with Crippen molar-refractivity contribution < 1.29 is 4.39 Å². The van der Waals surface area contributed by atoms with Gasteiger partial charge in [-0.15, -0.1) is 0 Å². The van der Waals surface area contributed by atoms with Gasteiger partial charge in [0.05, 0.1) is 0 Å². The number of rotatable bonds is 2. The summed E-state index contributed by atoms with van der Waals surface area (Å²) >= 11 is 3.45. The van der Waals surface area contributed by atoms with Gasteiger partial charge in [0, 0.05) is 22.0 Å². The highest BCUT2D eigenvalue weighted by atomic mass is 79.9. The van der Waals surface area contributed by atoms with E-state index in [9.17, 15) is 4.39 Å². The summed E-state index contributed by atoms with van der Waals surface area (Å²) in [4.78, 5) is 0. The summed E-state index contributed by atoms with van der Waals surface area (Å²) < 4.78 is 14.6. The van der Waals surface area contributed by atoms with Crippen LogP contribution in [0.15, 0.2) is 16.6 Å². The third kappa shape index (κ3) is 1.39. The van der Waals surface area contributed by atoms with Gasteiger partial charge in [0.25, 0.3) is 0 Å². The van der Waals surface area contributed by atoms with Gasteiger partial charge in [0.2, 0.25) is 0 Å². The van der Waals surface area contributed by atoms with Crippen LogP contribution < -0.4 is 5.73 Å². The van der Waals surface area contributed by atoms with Gasteiger partial charge in [-0.1, -0.05) is 22.0 Å². The van der Waals surface area contributed by atoms with Crippen LogP contribution in [0.25, 0.3) is 0 Å². The average Bonchev–Trinajstić information content (AvgIpc) is 2.93. The molecule has 14 heavy (non-hydrogen) atoms. The van der Waals surface area contributed by atoms with Crippen LogP contribution in [0, 0.1) is 12.7 Å². The zero-order valence-corrected chi connectivity index (χ0v) is 9.70. The minimum atomic E-state index is -0.134.